The molecule has 5 heteroatoms. The molecule has 19 heavy (non-hydrogen) atoms. The highest BCUT2D eigenvalue weighted by molar-refractivity contribution is 9.10. The van der Waals surface area contributed by atoms with Crippen LogP contribution in [-0.4, -0.2) is 28.6 Å². The number of carbonyl (C=O) groups is 1. The van der Waals surface area contributed by atoms with Crippen molar-refractivity contribution in [2.24, 2.45) is 0 Å². The van der Waals surface area contributed by atoms with Gasteiger partial charge in [0.1, 0.15) is 6.04 Å². The summed E-state index contributed by atoms with van der Waals surface area (Å²) in [7, 11) is 0. The number of fused-ring (bicyclic) bond motifs is 1. The molecule has 0 unspecified atom stereocenters. The van der Waals surface area contributed by atoms with E-state index in [0.29, 0.717) is 6.42 Å². The Morgan fingerprint density at radius 3 is 3.05 bits per heavy atom. The van der Waals surface area contributed by atoms with Gasteiger partial charge in [-0.05, 0) is 37.1 Å². The first kappa shape index (κ1) is 12.4. The number of pyridine rings is 1. The zero-order valence-corrected chi connectivity index (χ0v) is 11.8. The first-order chi connectivity index (χ1) is 9.16. The van der Waals surface area contributed by atoms with Crippen LogP contribution in [0.4, 0.5) is 5.69 Å². The van der Waals surface area contributed by atoms with Gasteiger partial charge in [-0.2, -0.15) is 0 Å². The van der Waals surface area contributed by atoms with Crippen LogP contribution in [0.15, 0.2) is 34.9 Å². The number of rotatable bonds is 2. The van der Waals surface area contributed by atoms with E-state index in [-0.39, 0.29) is 0 Å². The zero-order chi connectivity index (χ0) is 13.4. The third-order valence-corrected chi connectivity index (χ3v) is 4.02. The minimum absolute atomic E-state index is 0.422. The highest BCUT2D eigenvalue weighted by atomic mass is 79.9. The first-order valence-corrected chi connectivity index (χ1v) is 7.00. The first-order valence-electron chi connectivity index (χ1n) is 6.20. The fourth-order valence-electron chi connectivity index (χ4n) is 2.67. The molecule has 1 aromatic heterocycles. The third kappa shape index (κ3) is 2.18. The second-order valence-electron chi connectivity index (χ2n) is 4.68. The van der Waals surface area contributed by atoms with Gasteiger partial charge < -0.3 is 10.0 Å². The zero-order valence-electron chi connectivity index (χ0n) is 10.2. The number of nitrogens with zero attached hydrogens (tertiary/aromatic N) is 2. The molecule has 1 fully saturated rings. The SMILES string of the molecule is O=C(O)[C@H]1CCCN1c1ccnc2cc(Br)ccc12. The van der Waals surface area contributed by atoms with Crippen molar-refractivity contribution in [1.82, 2.24) is 4.98 Å². The summed E-state index contributed by atoms with van der Waals surface area (Å²) in [6, 6.07) is 7.37. The second kappa shape index (κ2) is 4.81. The average molecular weight is 321 g/mol. The minimum atomic E-state index is -0.750. The number of carboxylic acids is 1. The Morgan fingerprint density at radius 1 is 1.42 bits per heavy atom. The molecule has 3 rings (SSSR count). The predicted octanol–water partition coefficient (Wildman–Crippen LogP) is 3.05. The van der Waals surface area contributed by atoms with Crippen LogP contribution in [0, 0.1) is 0 Å². The summed E-state index contributed by atoms with van der Waals surface area (Å²) in [5.74, 6) is -0.750. The van der Waals surface area contributed by atoms with Crippen LogP contribution in [0.1, 0.15) is 12.8 Å². The predicted molar refractivity (Wildman–Crippen MR) is 77.4 cm³/mol. The summed E-state index contributed by atoms with van der Waals surface area (Å²) >= 11 is 3.43. The van der Waals surface area contributed by atoms with Gasteiger partial charge in [-0.3, -0.25) is 4.98 Å². The lowest BCUT2D eigenvalue weighted by atomic mass is 10.1. The van der Waals surface area contributed by atoms with E-state index >= 15 is 0 Å². The molecule has 0 radical (unpaired) electrons. The number of halogens is 1. The van der Waals surface area contributed by atoms with Crippen LogP contribution in [0.2, 0.25) is 0 Å². The van der Waals surface area contributed by atoms with Crippen molar-refractivity contribution >= 4 is 38.5 Å². The number of carboxylic acid groups (broad SMARTS) is 1. The summed E-state index contributed by atoms with van der Waals surface area (Å²) in [5.41, 5.74) is 1.84. The molecule has 0 spiro atoms. The largest absolute Gasteiger partial charge is 0.480 e. The molecule has 1 aliphatic heterocycles. The molecule has 0 aliphatic carbocycles. The molecule has 1 N–H and O–H groups in total. The second-order valence-corrected chi connectivity index (χ2v) is 5.60. The Hall–Kier alpha value is -1.62. The Balaban J connectivity index is 2.12. The van der Waals surface area contributed by atoms with Crippen molar-refractivity contribution in [1.29, 1.82) is 0 Å². The van der Waals surface area contributed by atoms with Gasteiger partial charge in [0.2, 0.25) is 0 Å². The van der Waals surface area contributed by atoms with Crippen LogP contribution >= 0.6 is 15.9 Å². The van der Waals surface area contributed by atoms with Crippen LogP contribution in [0.25, 0.3) is 10.9 Å². The summed E-state index contributed by atoms with van der Waals surface area (Å²) in [4.78, 5) is 17.6. The fourth-order valence-corrected chi connectivity index (χ4v) is 3.02. The van der Waals surface area contributed by atoms with Crippen molar-refractivity contribution in [2.75, 3.05) is 11.4 Å². The highest BCUT2D eigenvalue weighted by Gasteiger charge is 2.31. The summed E-state index contributed by atoms with van der Waals surface area (Å²) in [6.07, 6.45) is 3.36. The van der Waals surface area contributed by atoms with E-state index in [1.807, 2.05) is 29.2 Å². The summed E-state index contributed by atoms with van der Waals surface area (Å²) < 4.78 is 0.973. The maximum atomic E-state index is 11.3. The van der Waals surface area contributed by atoms with E-state index in [0.717, 1.165) is 34.0 Å². The minimum Gasteiger partial charge on any atom is -0.480 e. The molecule has 4 nitrogen and oxygen atoms in total. The van der Waals surface area contributed by atoms with Crippen molar-refractivity contribution in [3.63, 3.8) is 0 Å². The van der Waals surface area contributed by atoms with Crippen LogP contribution in [0.3, 0.4) is 0 Å². The number of aromatic nitrogens is 1. The molecule has 1 aliphatic rings. The van der Waals surface area contributed by atoms with Crippen molar-refractivity contribution in [3.05, 3.63) is 34.9 Å². The van der Waals surface area contributed by atoms with Gasteiger partial charge in [0.15, 0.2) is 0 Å². The summed E-state index contributed by atoms with van der Waals surface area (Å²) in [6.45, 7) is 0.784. The quantitative estimate of drug-likeness (QED) is 0.924. The van der Waals surface area contributed by atoms with Gasteiger partial charge >= 0.3 is 5.97 Å². The maximum Gasteiger partial charge on any atom is 0.326 e. The van der Waals surface area contributed by atoms with Gasteiger partial charge in [0.05, 0.1) is 5.52 Å². The molecule has 2 heterocycles. The fraction of sp³-hybridized carbons (Fsp3) is 0.286. The molecule has 1 saturated heterocycles. The lowest BCUT2D eigenvalue weighted by molar-refractivity contribution is -0.138. The molecule has 0 saturated carbocycles. The lowest BCUT2D eigenvalue weighted by Gasteiger charge is -2.24. The van der Waals surface area contributed by atoms with Crippen molar-refractivity contribution in [2.45, 2.75) is 18.9 Å². The van der Waals surface area contributed by atoms with Crippen LogP contribution in [0.5, 0.6) is 0 Å². The Kier molecular flexibility index (Phi) is 3.14. The average Bonchev–Trinajstić information content (AvgIpc) is 2.86. The molecule has 2 aromatic rings. The topological polar surface area (TPSA) is 53.4 Å². The van der Waals surface area contributed by atoms with E-state index in [1.165, 1.54) is 0 Å². The van der Waals surface area contributed by atoms with Crippen LogP contribution < -0.4 is 4.90 Å². The number of hydrogen-bond donors (Lipinski definition) is 1. The number of anilines is 1. The van der Waals surface area contributed by atoms with E-state index in [4.69, 9.17) is 0 Å². The molecule has 1 atom stereocenters. The number of aliphatic carboxylic acids is 1. The van der Waals surface area contributed by atoms with Crippen molar-refractivity contribution in [3.8, 4) is 0 Å². The maximum absolute atomic E-state index is 11.3. The highest BCUT2D eigenvalue weighted by Crippen LogP contribution is 2.32. The normalized spacial score (nSPS) is 19.0. The molecular weight excluding hydrogens is 308 g/mol. The Bertz CT molecular complexity index is 644. The number of benzene rings is 1. The van der Waals surface area contributed by atoms with Gasteiger partial charge in [0, 0.05) is 28.3 Å². The number of hydrogen-bond acceptors (Lipinski definition) is 3. The standard InChI is InChI=1S/C14H13BrN2O2/c15-9-3-4-10-11(8-9)16-6-5-12(10)17-7-1-2-13(17)14(18)19/h3-6,8,13H,1-2,7H2,(H,18,19)/t13-/m1/s1. The van der Waals surface area contributed by atoms with Crippen LogP contribution in [-0.2, 0) is 4.79 Å². The van der Waals surface area contributed by atoms with E-state index in [9.17, 15) is 9.90 Å². The molecule has 0 bridgehead atoms. The third-order valence-electron chi connectivity index (χ3n) is 3.53. The van der Waals surface area contributed by atoms with Gasteiger partial charge in [0.25, 0.3) is 0 Å². The molecular formula is C14H13BrN2O2. The van der Waals surface area contributed by atoms with Crippen molar-refractivity contribution < 1.29 is 9.90 Å². The van der Waals surface area contributed by atoms with E-state index in [2.05, 4.69) is 20.9 Å². The van der Waals surface area contributed by atoms with Gasteiger partial charge in [-0.1, -0.05) is 15.9 Å². The molecule has 0 amide bonds. The molecule has 98 valence electrons. The van der Waals surface area contributed by atoms with Gasteiger partial charge in [-0.25, -0.2) is 4.79 Å². The van der Waals surface area contributed by atoms with E-state index in [1.54, 1.807) is 6.20 Å². The van der Waals surface area contributed by atoms with Gasteiger partial charge in [-0.15, -0.1) is 0 Å². The monoisotopic (exact) mass is 320 g/mol. The molecule has 1 aromatic carbocycles. The summed E-state index contributed by atoms with van der Waals surface area (Å²) in [5, 5.41) is 10.3. The lowest BCUT2D eigenvalue weighted by Crippen LogP contribution is -2.36. The smallest absolute Gasteiger partial charge is 0.326 e. The Morgan fingerprint density at radius 2 is 2.26 bits per heavy atom. The Labute approximate surface area is 119 Å². The van der Waals surface area contributed by atoms with E-state index < -0.39 is 12.0 Å².